The highest BCUT2D eigenvalue weighted by atomic mass is 16.1. The normalized spacial score (nSPS) is 15.4. The zero-order chi connectivity index (χ0) is 35.5. The van der Waals surface area contributed by atoms with Gasteiger partial charge in [0.05, 0.1) is 22.1 Å². The summed E-state index contributed by atoms with van der Waals surface area (Å²) in [6, 6.07) is -2.52. The smallest absolute Gasteiger partial charge is 0.255 e. The number of nitrogens with zero attached hydrogens (tertiary/aromatic N) is 4. The lowest BCUT2D eigenvalue weighted by molar-refractivity contribution is 0.102. The van der Waals surface area contributed by atoms with E-state index in [-0.39, 0.29) is 46.3 Å². The minimum atomic E-state index is -1.08. The summed E-state index contributed by atoms with van der Waals surface area (Å²) in [5.41, 5.74) is -0.776. The lowest BCUT2D eigenvalue weighted by atomic mass is 10.1. The van der Waals surface area contributed by atoms with E-state index in [9.17, 15) is 4.79 Å². The molecule has 0 aliphatic heterocycles. The van der Waals surface area contributed by atoms with E-state index in [1.807, 2.05) is 6.92 Å². The Morgan fingerprint density at radius 3 is 2.72 bits per heavy atom. The molecule has 3 aromatic heterocycles. The van der Waals surface area contributed by atoms with Gasteiger partial charge in [-0.05, 0) is 91.9 Å². The van der Waals surface area contributed by atoms with E-state index in [2.05, 4.69) is 25.6 Å². The van der Waals surface area contributed by atoms with Gasteiger partial charge in [-0.15, -0.1) is 0 Å². The molecule has 0 aliphatic carbocycles. The molecular weight excluding hydrogens is 448 g/mol. The molecule has 0 saturated carbocycles. The van der Waals surface area contributed by atoms with Crippen LogP contribution in [-0.2, 0) is 0 Å². The fourth-order valence-electron chi connectivity index (χ4n) is 3.22. The van der Waals surface area contributed by atoms with Crippen molar-refractivity contribution in [1.29, 1.82) is 0 Å². The summed E-state index contributed by atoms with van der Waals surface area (Å²) < 4.78 is 102. The van der Waals surface area contributed by atoms with E-state index < -0.39 is 83.4 Å². The van der Waals surface area contributed by atoms with Gasteiger partial charge in [0.15, 0.2) is 0 Å². The second-order valence-corrected chi connectivity index (χ2v) is 7.74. The van der Waals surface area contributed by atoms with Crippen LogP contribution in [0.15, 0.2) is 91.4 Å². The molecular formula is C29H26N6O. The number of nitrogens with one attached hydrogen (secondary N) is 2. The number of aryl methyl sites for hydroxylation is 1. The number of aromatic nitrogens is 4. The van der Waals surface area contributed by atoms with Crippen LogP contribution in [0.3, 0.4) is 0 Å². The third kappa shape index (κ3) is 5.15. The summed E-state index contributed by atoms with van der Waals surface area (Å²) in [6.07, 6.45) is 1.39. The molecule has 5 aromatic rings. The zero-order valence-corrected chi connectivity index (χ0v) is 19.4. The van der Waals surface area contributed by atoms with Crippen LogP contribution in [0, 0.1) is 20.8 Å². The molecule has 0 atom stereocenters. The van der Waals surface area contributed by atoms with Gasteiger partial charge >= 0.3 is 0 Å². The fraction of sp³-hybridized carbons (Fsp3) is 0.103. The molecule has 0 aliphatic rings. The Bertz CT molecular complexity index is 2190. The first-order valence-electron chi connectivity index (χ1n) is 16.7. The third-order valence-corrected chi connectivity index (χ3v) is 4.92. The van der Waals surface area contributed by atoms with Crippen LogP contribution in [0.5, 0.6) is 0 Å². The number of carbonyl (C=O) groups is 1. The maximum absolute atomic E-state index is 13.7. The minimum Gasteiger partial charge on any atom is -0.324 e. The number of anilines is 3. The summed E-state index contributed by atoms with van der Waals surface area (Å²) >= 11 is 0. The number of hydrogen-bond donors (Lipinski definition) is 2. The standard InChI is InChI=1S/C29H26N6O/c1-19-9-12-35(18-19)25-14-20(2)13-24(16-25)32-28(36)22-7-6-21(3)27(15-22)34-29-31-11-8-26(33-29)23-5-4-10-30-17-23/h4-18H,1-3H3,(H,32,36)(H,31,33,34)/i4D,5D,6D,7D,8D,10D,11D,13D,14D,15D,16D,17D. The average molecular weight is 487 g/mol. The van der Waals surface area contributed by atoms with Gasteiger partial charge in [-0.1, -0.05) is 6.04 Å². The monoisotopic (exact) mass is 486 g/mol. The predicted molar refractivity (Wildman–Crippen MR) is 143 cm³/mol. The molecule has 0 fully saturated rings. The fourth-order valence-corrected chi connectivity index (χ4v) is 3.22. The number of benzene rings is 2. The number of amides is 1. The molecule has 36 heavy (non-hydrogen) atoms. The Kier molecular flexibility index (Phi) is 3.49. The highest BCUT2D eigenvalue weighted by molar-refractivity contribution is 6.05. The van der Waals surface area contributed by atoms with Gasteiger partial charge in [-0.3, -0.25) is 9.78 Å². The molecule has 0 unspecified atom stereocenters. The first kappa shape index (κ1) is 12.8. The molecule has 7 nitrogen and oxygen atoms in total. The molecule has 5 rings (SSSR count). The number of rotatable bonds is 6. The summed E-state index contributed by atoms with van der Waals surface area (Å²) in [5.74, 6) is -1.51. The topological polar surface area (TPSA) is 84.7 Å². The van der Waals surface area contributed by atoms with Gasteiger partial charge in [0.1, 0.15) is 0 Å². The molecule has 0 saturated heterocycles. The Hall–Kier alpha value is -4.78. The van der Waals surface area contributed by atoms with Gasteiger partial charge in [0, 0.05) is 59.1 Å². The lowest BCUT2D eigenvalue weighted by Crippen LogP contribution is -2.13. The van der Waals surface area contributed by atoms with Crippen LogP contribution in [0.25, 0.3) is 16.9 Å². The molecule has 2 N–H and O–H groups in total. The number of hydrogen-bond acceptors (Lipinski definition) is 5. The van der Waals surface area contributed by atoms with E-state index in [1.165, 1.54) is 18.4 Å². The average Bonchev–Trinajstić information content (AvgIpc) is 3.45. The Balaban J connectivity index is 1.61. The van der Waals surface area contributed by atoms with Gasteiger partial charge < -0.3 is 15.2 Å². The van der Waals surface area contributed by atoms with Crippen molar-refractivity contribution in [3.63, 3.8) is 0 Å². The molecule has 7 heteroatoms. The maximum atomic E-state index is 13.7. The summed E-state index contributed by atoms with van der Waals surface area (Å²) in [5, 5.41) is 5.10. The maximum Gasteiger partial charge on any atom is 0.255 e. The first-order valence-corrected chi connectivity index (χ1v) is 10.7. The quantitative estimate of drug-likeness (QED) is 0.296. The van der Waals surface area contributed by atoms with Crippen LogP contribution in [-0.4, -0.2) is 25.4 Å². The van der Waals surface area contributed by atoms with Gasteiger partial charge in [-0.2, -0.15) is 0 Å². The summed E-state index contributed by atoms with van der Waals surface area (Å²) in [6.45, 7) is 4.71. The Labute approximate surface area is 226 Å². The second kappa shape index (κ2) is 9.84. The third-order valence-electron chi connectivity index (χ3n) is 4.92. The largest absolute Gasteiger partial charge is 0.324 e. The molecule has 1 amide bonds. The molecule has 3 heterocycles. The van der Waals surface area contributed by atoms with Crippen molar-refractivity contribution in [2.45, 2.75) is 20.8 Å². The molecule has 178 valence electrons. The SMILES string of the molecule is [2H]c1nc(Nc2c([2H])c(C(=O)Nc3c([2H])c(C)c([2H])c(-n4ccc(C)c4)c3[2H])c([2H])c([2H])c2C)nc(-c2c([2H])nc([2H])c([2H])c2[2H])c1[2H]. The predicted octanol–water partition coefficient (Wildman–Crippen LogP) is 6.25. The number of pyridine rings is 1. The van der Waals surface area contributed by atoms with Gasteiger partial charge in [0.2, 0.25) is 5.95 Å². The van der Waals surface area contributed by atoms with Crippen LogP contribution < -0.4 is 10.6 Å². The van der Waals surface area contributed by atoms with Crippen molar-refractivity contribution in [3.8, 4) is 16.9 Å². The van der Waals surface area contributed by atoms with E-state index >= 15 is 0 Å². The van der Waals surface area contributed by atoms with Gasteiger partial charge in [-0.25, -0.2) is 9.97 Å². The van der Waals surface area contributed by atoms with Crippen molar-refractivity contribution in [2.75, 3.05) is 10.6 Å². The second-order valence-electron chi connectivity index (χ2n) is 7.74. The van der Waals surface area contributed by atoms with Gasteiger partial charge in [0.25, 0.3) is 5.91 Å². The Morgan fingerprint density at radius 2 is 1.89 bits per heavy atom. The Morgan fingerprint density at radius 1 is 1.00 bits per heavy atom. The summed E-state index contributed by atoms with van der Waals surface area (Å²) in [4.78, 5) is 25.3. The van der Waals surface area contributed by atoms with E-state index in [1.54, 1.807) is 18.5 Å². The van der Waals surface area contributed by atoms with Crippen LogP contribution in [0.1, 0.15) is 43.5 Å². The number of carbonyl (C=O) groups excluding carboxylic acids is 1. The van der Waals surface area contributed by atoms with Crippen LogP contribution in [0.4, 0.5) is 17.3 Å². The van der Waals surface area contributed by atoms with Crippen molar-refractivity contribution < 1.29 is 21.2 Å². The molecule has 0 spiro atoms. The van der Waals surface area contributed by atoms with Crippen LogP contribution >= 0.6 is 0 Å². The van der Waals surface area contributed by atoms with E-state index in [4.69, 9.17) is 16.4 Å². The van der Waals surface area contributed by atoms with Crippen molar-refractivity contribution in [2.24, 2.45) is 0 Å². The van der Waals surface area contributed by atoms with Crippen LogP contribution in [0.2, 0.25) is 0 Å². The molecule has 2 aromatic carbocycles. The minimum absolute atomic E-state index is 0.0197. The highest BCUT2D eigenvalue weighted by Crippen LogP contribution is 2.24. The van der Waals surface area contributed by atoms with E-state index in [0.717, 1.165) is 5.56 Å². The molecule has 0 radical (unpaired) electrons. The first-order chi connectivity index (χ1) is 22.5. The van der Waals surface area contributed by atoms with Crippen molar-refractivity contribution in [1.82, 2.24) is 19.5 Å². The molecule has 0 bridgehead atoms. The lowest BCUT2D eigenvalue weighted by Gasteiger charge is -2.13. The zero-order valence-electron chi connectivity index (χ0n) is 31.4. The van der Waals surface area contributed by atoms with Crippen molar-refractivity contribution >= 4 is 23.2 Å². The highest BCUT2D eigenvalue weighted by Gasteiger charge is 2.12. The van der Waals surface area contributed by atoms with E-state index in [0.29, 0.717) is 0 Å². The van der Waals surface area contributed by atoms with Crippen molar-refractivity contribution in [3.05, 3.63) is 114 Å². The summed E-state index contributed by atoms with van der Waals surface area (Å²) in [7, 11) is 0.